The summed E-state index contributed by atoms with van der Waals surface area (Å²) in [4.78, 5) is 38.2. The van der Waals surface area contributed by atoms with Crippen LogP contribution in [0, 0.1) is 30.1 Å². The average molecular weight is 550 g/mol. The summed E-state index contributed by atoms with van der Waals surface area (Å²) in [5.41, 5.74) is 4.55. The molecule has 7 rings (SSSR count). The van der Waals surface area contributed by atoms with Crippen molar-refractivity contribution in [3.63, 3.8) is 0 Å². The van der Waals surface area contributed by atoms with Crippen LogP contribution in [0.15, 0.2) is 16.6 Å². The van der Waals surface area contributed by atoms with Gasteiger partial charge >= 0.3 is 0 Å². The topological polar surface area (TPSA) is 53.0 Å². The number of dihydropyridines is 1. The molecular weight excluding hydrogens is 502 g/mol. The van der Waals surface area contributed by atoms with Gasteiger partial charge in [-0.2, -0.15) is 0 Å². The minimum absolute atomic E-state index is 0.108. The molecule has 0 radical (unpaired) electrons. The second-order valence-corrected chi connectivity index (χ2v) is 14.8. The number of allylic oxidation sites excluding steroid dienone is 1. The first-order valence-electron chi connectivity index (χ1n) is 15.6. The molecule has 39 heavy (non-hydrogen) atoms. The van der Waals surface area contributed by atoms with Gasteiger partial charge in [0, 0.05) is 35.1 Å². The van der Waals surface area contributed by atoms with Gasteiger partial charge in [-0.15, -0.1) is 11.3 Å². The van der Waals surface area contributed by atoms with Gasteiger partial charge in [-0.25, -0.2) is 4.99 Å². The molecule has 212 valence electrons. The van der Waals surface area contributed by atoms with Gasteiger partial charge in [-0.3, -0.25) is 9.59 Å². The maximum Gasteiger partial charge on any atom is 0.255 e. The minimum atomic E-state index is -0.315. The van der Waals surface area contributed by atoms with Crippen molar-refractivity contribution < 1.29 is 9.59 Å². The van der Waals surface area contributed by atoms with E-state index in [1.54, 1.807) is 0 Å². The number of hydrogen-bond acceptors (Lipinski definition) is 4. The summed E-state index contributed by atoms with van der Waals surface area (Å²) in [6, 6.07) is 0. The molecule has 1 aromatic rings. The highest BCUT2D eigenvalue weighted by Crippen LogP contribution is 2.51. The lowest BCUT2D eigenvalue weighted by molar-refractivity contribution is -0.120. The molecule has 4 heterocycles. The summed E-state index contributed by atoms with van der Waals surface area (Å²) < 4.78 is 0. The number of carbonyl (C=O) groups is 2. The van der Waals surface area contributed by atoms with Crippen LogP contribution in [0.5, 0.6) is 0 Å². The van der Waals surface area contributed by atoms with E-state index in [2.05, 4.69) is 23.7 Å². The lowest BCUT2D eigenvalue weighted by Gasteiger charge is -2.50. The van der Waals surface area contributed by atoms with Gasteiger partial charge in [-0.05, 0) is 133 Å². The number of hydrogen-bond donors (Lipinski definition) is 0. The molecule has 2 bridgehead atoms. The van der Waals surface area contributed by atoms with E-state index in [-0.39, 0.29) is 17.7 Å². The van der Waals surface area contributed by atoms with Crippen molar-refractivity contribution in [3.05, 3.63) is 32.5 Å². The van der Waals surface area contributed by atoms with Crippen molar-refractivity contribution in [3.8, 4) is 0 Å². The van der Waals surface area contributed by atoms with Crippen LogP contribution in [0.25, 0.3) is 0 Å². The number of carbonyl (C=O) groups excluding carboxylic acids is 2. The number of fused-ring (bicyclic) bond motifs is 4. The predicted octanol–water partition coefficient (Wildman–Crippen LogP) is 6.79. The van der Waals surface area contributed by atoms with Gasteiger partial charge in [-0.1, -0.05) is 12.5 Å². The molecule has 5 nitrogen and oxygen atoms in total. The van der Waals surface area contributed by atoms with E-state index in [9.17, 15) is 9.59 Å². The van der Waals surface area contributed by atoms with E-state index >= 15 is 0 Å². The number of thiophene rings is 1. The first kappa shape index (κ1) is 27.4. The van der Waals surface area contributed by atoms with E-state index in [4.69, 9.17) is 0 Å². The standard InChI is InChI=1S/C33H47N3O2S/c1-21-18-22(2)34-31(37)27(21)19-36-15-5-6-28-29(32(36)38)24(4)30(39-28)23(3)26-10-16-35(17-11-26)20-33-12-7-25(8-13-33)9-14-33/h18,23,25-27H,5-17,19-20H2,1-4H3/t23-,25?,27?,33?/m1/s1. The summed E-state index contributed by atoms with van der Waals surface area (Å²) in [6.45, 7) is 13.4. The molecule has 3 saturated carbocycles. The Hall–Kier alpha value is -1.79. The molecule has 4 fully saturated rings. The molecule has 2 amide bonds. The van der Waals surface area contributed by atoms with Gasteiger partial charge in [0.2, 0.25) is 0 Å². The summed E-state index contributed by atoms with van der Waals surface area (Å²) in [7, 11) is 0. The van der Waals surface area contributed by atoms with Crippen molar-refractivity contribution >= 4 is 28.9 Å². The monoisotopic (exact) mass is 549 g/mol. The van der Waals surface area contributed by atoms with E-state index in [0.717, 1.165) is 35.6 Å². The molecule has 3 aliphatic carbocycles. The van der Waals surface area contributed by atoms with E-state index in [1.807, 2.05) is 36.2 Å². The fourth-order valence-corrected chi connectivity index (χ4v) is 10.1. The molecule has 0 aromatic carbocycles. The molecule has 0 spiro atoms. The molecule has 1 unspecified atom stereocenters. The highest BCUT2D eigenvalue weighted by Gasteiger charge is 2.42. The fourth-order valence-electron chi connectivity index (χ4n) is 8.57. The smallest absolute Gasteiger partial charge is 0.255 e. The number of amides is 2. The van der Waals surface area contributed by atoms with Gasteiger partial charge < -0.3 is 9.80 Å². The maximum atomic E-state index is 13.9. The Bertz CT molecular complexity index is 1170. The Morgan fingerprint density at radius 2 is 1.72 bits per heavy atom. The number of likely N-dealkylation sites (tertiary alicyclic amines) is 1. The first-order chi connectivity index (χ1) is 18.7. The molecule has 1 aromatic heterocycles. The third-order valence-electron chi connectivity index (χ3n) is 11.1. The van der Waals surface area contributed by atoms with Crippen LogP contribution in [-0.4, -0.2) is 60.0 Å². The lowest BCUT2D eigenvalue weighted by atomic mass is 9.60. The van der Waals surface area contributed by atoms with Gasteiger partial charge in [0.25, 0.3) is 11.8 Å². The Morgan fingerprint density at radius 3 is 2.38 bits per heavy atom. The summed E-state index contributed by atoms with van der Waals surface area (Å²) in [5, 5.41) is 0. The van der Waals surface area contributed by atoms with E-state index < -0.39 is 0 Å². The van der Waals surface area contributed by atoms with Gasteiger partial charge in [0.1, 0.15) is 0 Å². The van der Waals surface area contributed by atoms with Crippen LogP contribution < -0.4 is 0 Å². The summed E-state index contributed by atoms with van der Waals surface area (Å²) in [6.07, 6.45) is 15.3. The lowest BCUT2D eigenvalue weighted by Crippen LogP contribution is -2.46. The summed E-state index contributed by atoms with van der Waals surface area (Å²) in [5.74, 6) is 1.93. The molecule has 2 atom stereocenters. The van der Waals surface area contributed by atoms with Crippen LogP contribution in [0.3, 0.4) is 0 Å². The van der Waals surface area contributed by atoms with Crippen LogP contribution in [0.4, 0.5) is 0 Å². The Labute approximate surface area is 239 Å². The van der Waals surface area contributed by atoms with E-state index in [1.165, 1.54) is 86.3 Å². The molecule has 0 N–H and O–H groups in total. The Balaban J connectivity index is 1.11. The third kappa shape index (κ3) is 5.32. The molecule has 6 heteroatoms. The first-order valence-corrected chi connectivity index (χ1v) is 16.5. The second-order valence-electron chi connectivity index (χ2n) is 13.7. The Morgan fingerprint density at radius 1 is 1.03 bits per heavy atom. The highest BCUT2D eigenvalue weighted by molar-refractivity contribution is 7.12. The minimum Gasteiger partial charge on any atom is -0.337 e. The van der Waals surface area contributed by atoms with Crippen molar-refractivity contribution in [1.29, 1.82) is 0 Å². The SMILES string of the molecule is CC1=CC(C)=NC(=O)C1CN1CCCc2sc([C@H](C)C3CCN(CC45CCC(CC4)CC5)CC3)c(C)c2C1=O. The van der Waals surface area contributed by atoms with Crippen LogP contribution >= 0.6 is 11.3 Å². The van der Waals surface area contributed by atoms with Crippen LogP contribution in [-0.2, 0) is 11.2 Å². The van der Waals surface area contributed by atoms with Crippen molar-refractivity contribution in [2.45, 2.75) is 97.8 Å². The van der Waals surface area contributed by atoms with Gasteiger partial charge in [0.05, 0.1) is 11.5 Å². The molecule has 1 saturated heterocycles. The predicted molar refractivity (Wildman–Crippen MR) is 160 cm³/mol. The normalized spacial score (nSPS) is 31.1. The number of piperidine rings is 1. The zero-order valence-electron chi connectivity index (χ0n) is 24.6. The zero-order valence-corrected chi connectivity index (χ0v) is 25.4. The molecule has 3 aliphatic heterocycles. The summed E-state index contributed by atoms with van der Waals surface area (Å²) >= 11 is 1.91. The Kier molecular flexibility index (Phi) is 7.64. The number of aryl methyl sites for hydroxylation is 1. The molecular formula is C33H47N3O2S. The van der Waals surface area contributed by atoms with Crippen molar-refractivity contribution in [2.24, 2.45) is 28.2 Å². The highest BCUT2D eigenvalue weighted by atomic mass is 32.1. The van der Waals surface area contributed by atoms with Crippen molar-refractivity contribution in [2.75, 3.05) is 32.7 Å². The quantitative estimate of drug-likeness (QED) is 0.392. The van der Waals surface area contributed by atoms with Crippen molar-refractivity contribution in [1.82, 2.24) is 9.80 Å². The van der Waals surface area contributed by atoms with Crippen LogP contribution in [0.2, 0.25) is 0 Å². The number of aliphatic imine (C=N–C) groups is 1. The van der Waals surface area contributed by atoms with Gasteiger partial charge in [0.15, 0.2) is 0 Å². The number of nitrogens with zero attached hydrogens (tertiary/aromatic N) is 3. The average Bonchev–Trinajstić information content (AvgIpc) is 3.16. The zero-order chi connectivity index (χ0) is 27.3. The maximum absolute atomic E-state index is 13.9. The fraction of sp³-hybridized carbons (Fsp3) is 0.727. The largest absolute Gasteiger partial charge is 0.337 e. The van der Waals surface area contributed by atoms with Crippen LogP contribution in [0.1, 0.15) is 110 Å². The second kappa shape index (κ2) is 10.9. The third-order valence-corrected chi connectivity index (χ3v) is 12.7. The molecule has 6 aliphatic rings. The number of rotatable bonds is 6. The van der Waals surface area contributed by atoms with E-state index in [0.29, 0.717) is 30.3 Å².